The molecule has 1 saturated heterocycles. The lowest BCUT2D eigenvalue weighted by Gasteiger charge is -2.37. The number of aromatic nitrogens is 2. The van der Waals surface area contributed by atoms with Gasteiger partial charge < -0.3 is 10.2 Å². The quantitative estimate of drug-likeness (QED) is 0.664. The number of rotatable bonds is 5. The van der Waals surface area contributed by atoms with E-state index in [1.165, 1.54) is 6.33 Å². The highest BCUT2D eigenvalue weighted by Gasteiger charge is 2.32. The smallest absolute Gasteiger partial charge is 0.353 e. The Morgan fingerprint density at radius 3 is 2.86 bits per heavy atom. The second kappa shape index (κ2) is 6.69. The number of anilines is 2. The Hall–Kier alpha value is -1.92. The first-order valence-corrected chi connectivity index (χ1v) is 7.54. The molecule has 116 valence electrons. The molecule has 1 fully saturated rings. The Labute approximate surface area is 124 Å². The topological polar surface area (TPSA) is 84.2 Å². The summed E-state index contributed by atoms with van der Waals surface area (Å²) in [5.41, 5.74) is -0.00708. The van der Waals surface area contributed by atoms with Gasteiger partial charge in [0.05, 0.1) is 4.92 Å². The lowest BCUT2D eigenvalue weighted by Crippen LogP contribution is -2.41. The molecular weight excluding hydrogens is 270 g/mol. The largest absolute Gasteiger partial charge is 0.364 e. The fraction of sp³-hybridized carbons (Fsp3) is 0.714. The van der Waals surface area contributed by atoms with Crippen LogP contribution in [0.15, 0.2) is 6.33 Å². The summed E-state index contributed by atoms with van der Waals surface area (Å²) >= 11 is 0. The van der Waals surface area contributed by atoms with Gasteiger partial charge >= 0.3 is 5.69 Å². The van der Waals surface area contributed by atoms with Crippen molar-refractivity contribution in [2.75, 3.05) is 23.3 Å². The maximum Gasteiger partial charge on any atom is 0.353 e. The van der Waals surface area contributed by atoms with Crippen LogP contribution in [-0.2, 0) is 0 Å². The van der Waals surface area contributed by atoms with Crippen molar-refractivity contribution in [1.29, 1.82) is 0 Å². The number of nitrogens with one attached hydrogen (secondary N) is 1. The molecule has 21 heavy (non-hydrogen) atoms. The van der Waals surface area contributed by atoms with E-state index >= 15 is 0 Å². The van der Waals surface area contributed by atoms with Crippen molar-refractivity contribution >= 4 is 17.3 Å². The van der Waals surface area contributed by atoms with Crippen LogP contribution in [0.5, 0.6) is 0 Å². The van der Waals surface area contributed by atoms with Gasteiger partial charge in [-0.25, -0.2) is 9.97 Å². The highest BCUT2D eigenvalue weighted by atomic mass is 16.6. The molecule has 0 radical (unpaired) electrons. The molecule has 2 unspecified atom stereocenters. The van der Waals surface area contributed by atoms with E-state index < -0.39 is 0 Å². The van der Waals surface area contributed by atoms with E-state index in [-0.39, 0.29) is 16.7 Å². The van der Waals surface area contributed by atoms with E-state index in [2.05, 4.69) is 29.1 Å². The summed E-state index contributed by atoms with van der Waals surface area (Å²) in [5, 5.41) is 14.5. The second-order valence-electron chi connectivity index (χ2n) is 5.75. The molecule has 1 N–H and O–H groups in total. The molecule has 0 spiro atoms. The Morgan fingerprint density at radius 2 is 2.24 bits per heavy atom. The zero-order valence-electron chi connectivity index (χ0n) is 12.9. The summed E-state index contributed by atoms with van der Waals surface area (Å²) in [6, 6.07) is 0.251. The van der Waals surface area contributed by atoms with Gasteiger partial charge in [0, 0.05) is 19.1 Å². The zero-order valence-corrected chi connectivity index (χ0v) is 12.9. The number of nitrogens with zero attached hydrogens (tertiary/aromatic N) is 4. The van der Waals surface area contributed by atoms with Gasteiger partial charge in [-0.15, -0.1) is 0 Å². The lowest BCUT2D eigenvalue weighted by atomic mass is 9.93. The molecule has 1 aromatic rings. The highest BCUT2D eigenvalue weighted by molar-refractivity contribution is 5.70. The number of hydrogen-bond acceptors (Lipinski definition) is 6. The van der Waals surface area contributed by atoms with E-state index in [4.69, 9.17) is 0 Å². The molecule has 2 rings (SSSR count). The molecule has 7 nitrogen and oxygen atoms in total. The zero-order chi connectivity index (χ0) is 15.4. The Morgan fingerprint density at radius 1 is 1.48 bits per heavy atom. The van der Waals surface area contributed by atoms with Gasteiger partial charge in [0.15, 0.2) is 0 Å². The third-order valence-corrected chi connectivity index (χ3v) is 3.94. The molecule has 0 saturated carbocycles. The normalized spacial score (nSPS) is 22.1. The van der Waals surface area contributed by atoms with Gasteiger partial charge in [0.25, 0.3) is 0 Å². The van der Waals surface area contributed by atoms with Gasteiger partial charge in [-0.1, -0.05) is 13.8 Å². The van der Waals surface area contributed by atoms with Crippen LogP contribution in [-0.4, -0.2) is 34.0 Å². The predicted octanol–water partition coefficient (Wildman–Crippen LogP) is 2.83. The maximum absolute atomic E-state index is 11.5. The molecule has 0 amide bonds. The first kappa shape index (κ1) is 15.5. The van der Waals surface area contributed by atoms with Gasteiger partial charge in [-0.2, -0.15) is 0 Å². The summed E-state index contributed by atoms with van der Waals surface area (Å²) in [5.74, 6) is 1.40. The van der Waals surface area contributed by atoms with Gasteiger partial charge in [0.1, 0.15) is 6.33 Å². The van der Waals surface area contributed by atoms with Crippen molar-refractivity contribution in [3.8, 4) is 0 Å². The van der Waals surface area contributed by atoms with Crippen LogP contribution in [0.1, 0.15) is 40.0 Å². The fourth-order valence-electron chi connectivity index (χ4n) is 2.84. The SMILES string of the molecule is CCCNc1ncnc(N2CCC(C)CC2C)c1[N+](=O)[O-]. The molecule has 7 heteroatoms. The van der Waals surface area contributed by atoms with E-state index in [0.717, 1.165) is 25.8 Å². The van der Waals surface area contributed by atoms with Crippen LogP contribution in [0, 0.1) is 16.0 Å². The van der Waals surface area contributed by atoms with Crippen molar-refractivity contribution < 1.29 is 4.92 Å². The Bertz CT molecular complexity index is 508. The summed E-state index contributed by atoms with van der Waals surface area (Å²) in [6.07, 6.45) is 4.35. The van der Waals surface area contributed by atoms with Crippen LogP contribution in [0.25, 0.3) is 0 Å². The lowest BCUT2D eigenvalue weighted by molar-refractivity contribution is -0.383. The van der Waals surface area contributed by atoms with Crippen molar-refractivity contribution in [2.24, 2.45) is 5.92 Å². The third-order valence-electron chi connectivity index (χ3n) is 3.94. The molecule has 2 heterocycles. The monoisotopic (exact) mass is 293 g/mol. The number of piperidine rings is 1. The van der Waals surface area contributed by atoms with Crippen molar-refractivity contribution in [1.82, 2.24) is 9.97 Å². The summed E-state index contributed by atoms with van der Waals surface area (Å²) in [7, 11) is 0. The summed E-state index contributed by atoms with van der Waals surface area (Å²) in [6.45, 7) is 7.78. The van der Waals surface area contributed by atoms with E-state index in [1.54, 1.807) is 0 Å². The van der Waals surface area contributed by atoms with Gasteiger partial charge in [-0.3, -0.25) is 10.1 Å². The van der Waals surface area contributed by atoms with Crippen LogP contribution >= 0.6 is 0 Å². The highest BCUT2D eigenvalue weighted by Crippen LogP contribution is 2.35. The molecule has 0 aromatic carbocycles. The molecular formula is C14H23N5O2. The molecule has 2 atom stereocenters. The van der Waals surface area contributed by atoms with Crippen LogP contribution in [0.4, 0.5) is 17.3 Å². The second-order valence-corrected chi connectivity index (χ2v) is 5.75. The molecule has 1 aliphatic heterocycles. The first-order valence-electron chi connectivity index (χ1n) is 7.54. The first-order chi connectivity index (χ1) is 10.0. The fourth-order valence-corrected chi connectivity index (χ4v) is 2.84. The van der Waals surface area contributed by atoms with E-state index in [1.807, 2.05) is 11.8 Å². The minimum absolute atomic E-state index is 0.00708. The number of nitro groups is 1. The van der Waals surface area contributed by atoms with Gasteiger partial charge in [-0.05, 0) is 32.1 Å². The Kier molecular flexibility index (Phi) is 4.93. The van der Waals surface area contributed by atoms with Crippen LogP contribution < -0.4 is 10.2 Å². The molecule has 1 aliphatic rings. The molecule has 1 aromatic heterocycles. The van der Waals surface area contributed by atoms with Crippen molar-refractivity contribution in [3.05, 3.63) is 16.4 Å². The molecule has 0 bridgehead atoms. The Balaban J connectivity index is 2.36. The van der Waals surface area contributed by atoms with Crippen LogP contribution in [0.2, 0.25) is 0 Å². The minimum atomic E-state index is -0.377. The average Bonchev–Trinajstić information content (AvgIpc) is 2.44. The third kappa shape index (κ3) is 3.40. The van der Waals surface area contributed by atoms with E-state index in [9.17, 15) is 10.1 Å². The summed E-state index contributed by atoms with van der Waals surface area (Å²) in [4.78, 5) is 21.4. The van der Waals surface area contributed by atoms with E-state index in [0.29, 0.717) is 24.1 Å². The average molecular weight is 293 g/mol. The predicted molar refractivity (Wildman–Crippen MR) is 82.7 cm³/mol. The van der Waals surface area contributed by atoms with Crippen molar-refractivity contribution in [2.45, 2.75) is 46.1 Å². The standard InChI is InChI=1S/C14H23N5O2/c1-4-6-15-13-12(19(20)21)14(17-9-16-13)18-7-5-10(2)8-11(18)3/h9-11H,4-8H2,1-3H3,(H,15,16,17). The van der Waals surface area contributed by atoms with Crippen LogP contribution in [0.3, 0.4) is 0 Å². The van der Waals surface area contributed by atoms with Gasteiger partial charge in [0.2, 0.25) is 11.6 Å². The molecule has 0 aliphatic carbocycles. The summed E-state index contributed by atoms with van der Waals surface area (Å²) < 4.78 is 0. The maximum atomic E-state index is 11.5. The number of hydrogen-bond donors (Lipinski definition) is 1. The van der Waals surface area contributed by atoms with Crippen molar-refractivity contribution in [3.63, 3.8) is 0 Å². The minimum Gasteiger partial charge on any atom is -0.364 e.